The molecule has 0 spiro atoms. The summed E-state index contributed by atoms with van der Waals surface area (Å²) in [4.78, 5) is 7.41. The maximum absolute atomic E-state index is 6.24. The van der Waals surface area contributed by atoms with Crippen molar-refractivity contribution < 1.29 is 0 Å². The van der Waals surface area contributed by atoms with E-state index in [2.05, 4.69) is 50.2 Å². The number of hydrogen-bond acceptors (Lipinski definition) is 2. The van der Waals surface area contributed by atoms with Gasteiger partial charge in [0.25, 0.3) is 0 Å². The van der Waals surface area contributed by atoms with E-state index in [9.17, 15) is 0 Å². The molecule has 0 aliphatic heterocycles. The fourth-order valence-corrected chi connectivity index (χ4v) is 3.35. The zero-order valence-electron chi connectivity index (χ0n) is 11.5. The molecule has 1 saturated carbocycles. The number of nitrogens with zero attached hydrogens (tertiary/aromatic N) is 1. The Hall–Kier alpha value is -1.13. The molecule has 1 aliphatic rings. The Bertz CT molecular complexity index is 555. The van der Waals surface area contributed by atoms with E-state index in [1.54, 1.807) is 6.20 Å². The van der Waals surface area contributed by atoms with Crippen LogP contribution in [0.1, 0.15) is 61.0 Å². The Kier molecular flexibility index (Phi) is 4.22. The molecule has 1 fully saturated rings. The van der Waals surface area contributed by atoms with E-state index in [1.807, 2.05) is 0 Å². The SMILES string of the molecule is NC(c1ccc(C2CCCCC2)cc1)c1ncc(Br)[nH]1. The van der Waals surface area contributed by atoms with Crippen LogP contribution in [0.3, 0.4) is 0 Å². The first-order valence-corrected chi connectivity index (χ1v) is 8.09. The molecule has 3 N–H and O–H groups in total. The van der Waals surface area contributed by atoms with Gasteiger partial charge in [-0.15, -0.1) is 0 Å². The van der Waals surface area contributed by atoms with Gasteiger partial charge in [-0.05, 0) is 45.8 Å². The molecule has 0 radical (unpaired) electrons. The van der Waals surface area contributed by atoms with Crippen molar-refractivity contribution in [1.29, 1.82) is 0 Å². The highest BCUT2D eigenvalue weighted by Gasteiger charge is 2.17. The van der Waals surface area contributed by atoms with E-state index in [1.165, 1.54) is 37.7 Å². The van der Waals surface area contributed by atoms with Crippen molar-refractivity contribution >= 4 is 15.9 Å². The molecule has 0 saturated heterocycles. The number of hydrogen-bond donors (Lipinski definition) is 2. The number of nitrogens with two attached hydrogens (primary N) is 1. The van der Waals surface area contributed by atoms with Crippen LogP contribution in [0.25, 0.3) is 0 Å². The second-order valence-electron chi connectivity index (χ2n) is 5.60. The fraction of sp³-hybridized carbons (Fsp3) is 0.438. The summed E-state index contributed by atoms with van der Waals surface area (Å²) in [5.74, 6) is 1.54. The minimum absolute atomic E-state index is 0.193. The summed E-state index contributed by atoms with van der Waals surface area (Å²) in [6, 6.07) is 8.57. The van der Waals surface area contributed by atoms with Gasteiger partial charge in [0.2, 0.25) is 0 Å². The fourth-order valence-electron chi connectivity index (χ4n) is 3.04. The molecule has 2 aromatic rings. The summed E-state index contributed by atoms with van der Waals surface area (Å²) < 4.78 is 0.863. The lowest BCUT2D eigenvalue weighted by molar-refractivity contribution is 0.443. The van der Waals surface area contributed by atoms with Crippen molar-refractivity contribution in [3.8, 4) is 0 Å². The topological polar surface area (TPSA) is 54.7 Å². The Balaban J connectivity index is 1.75. The molecule has 1 aliphatic carbocycles. The predicted octanol–water partition coefficient (Wildman–Crippen LogP) is 4.27. The minimum Gasteiger partial charge on any atom is -0.335 e. The summed E-state index contributed by atoms with van der Waals surface area (Å²) in [5, 5.41) is 0. The quantitative estimate of drug-likeness (QED) is 0.881. The van der Waals surface area contributed by atoms with Crippen molar-refractivity contribution in [3.63, 3.8) is 0 Å². The molecular formula is C16H20BrN3. The number of aromatic amines is 1. The van der Waals surface area contributed by atoms with Crippen LogP contribution in [0.15, 0.2) is 35.1 Å². The largest absolute Gasteiger partial charge is 0.335 e. The highest BCUT2D eigenvalue weighted by atomic mass is 79.9. The number of H-pyrrole nitrogens is 1. The summed E-state index contributed by atoms with van der Waals surface area (Å²) in [6.07, 6.45) is 8.53. The monoisotopic (exact) mass is 333 g/mol. The van der Waals surface area contributed by atoms with E-state index < -0.39 is 0 Å². The third-order valence-electron chi connectivity index (χ3n) is 4.23. The molecule has 20 heavy (non-hydrogen) atoms. The molecule has 1 aromatic heterocycles. The summed E-state index contributed by atoms with van der Waals surface area (Å²) in [6.45, 7) is 0. The van der Waals surface area contributed by atoms with Crippen LogP contribution in [-0.2, 0) is 0 Å². The van der Waals surface area contributed by atoms with Gasteiger partial charge >= 0.3 is 0 Å². The van der Waals surface area contributed by atoms with Gasteiger partial charge < -0.3 is 10.7 Å². The molecule has 3 nitrogen and oxygen atoms in total. The van der Waals surface area contributed by atoms with E-state index >= 15 is 0 Å². The number of halogens is 1. The van der Waals surface area contributed by atoms with Crippen LogP contribution >= 0.6 is 15.9 Å². The highest BCUT2D eigenvalue weighted by molar-refractivity contribution is 9.10. The molecule has 1 heterocycles. The second kappa shape index (κ2) is 6.10. The zero-order chi connectivity index (χ0) is 13.9. The molecule has 1 atom stereocenters. The Morgan fingerprint density at radius 1 is 1.15 bits per heavy atom. The van der Waals surface area contributed by atoms with Crippen LogP contribution in [0.4, 0.5) is 0 Å². The number of rotatable bonds is 3. The van der Waals surface area contributed by atoms with Crippen molar-refractivity contribution in [1.82, 2.24) is 9.97 Å². The predicted molar refractivity (Wildman–Crippen MR) is 84.6 cm³/mol. The Labute approximate surface area is 128 Å². The highest BCUT2D eigenvalue weighted by Crippen LogP contribution is 2.33. The van der Waals surface area contributed by atoms with E-state index in [4.69, 9.17) is 5.73 Å². The number of imidazole rings is 1. The molecule has 106 valence electrons. The van der Waals surface area contributed by atoms with Gasteiger partial charge in [-0.2, -0.15) is 0 Å². The molecule has 0 amide bonds. The van der Waals surface area contributed by atoms with Gasteiger partial charge in [-0.3, -0.25) is 0 Å². The first-order valence-electron chi connectivity index (χ1n) is 7.30. The van der Waals surface area contributed by atoms with Gasteiger partial charge in [-0.1, -0.05) is 43.5 Å². The number of nitrogens with one attached hydrogen (secondary N) is 1. The standard InChI is InChI=1S/C16H20BrN3/c17-14-10-19-16(20-14)15(18)13-8-6-12(7-9-13)11-4-2-1-3-5-11/h6-11,15H,1-5,18H2,(H,19,20). The Morgan fingerprint density at radius 3 is 2.45 bits per heavy atom. The van der Waals surface area contributed by atoms with Crippen molar-refractivity contribution in [2.45, 2.75) is 44.1 Å². The first kappa shape index (κ1) is 13.8. The molecule has 4 heteroatoms. The maximum Gasteiger partial charge on any atom is 0.128 e. The third-order valence-corrected chi connectivity index (χ3v) is 4.63. The van der Waals surface area contributed by atoms with Crippen LogP contribution in [0.5, 0.6) is 0 Å². The van der Waals surface area contributed by atoms with Crippen molar-refractivity contribution in [3.05, 3.63) is 52.0 Å². The average Bonchev–Trinajstić information content (AvgIpc) is 2.94. The Morgan fingerprint density at radius 2 is 1.85 bits per heavy atom. The maximum atomic E-state index is 6.24. The summed E-state index contributed by atoms with van der Waals surface area (Å²) in [7, 11) is 0. The van der Waals surface area contributed by atoms with Crippen molar-refractivity contribution in [2.75, 3.05) is 0 Å². The van der Waals surface area contributed by atoms with Gasteiger partial charge in [-0.25, -0.2) is 4.98 Å². The van der Waals surface area contributed by atoms with E-state index in [0.29, 0.717) is 0 Å². The smallest absolute Gasteiger partial charge is 0.128 e. The van der Waals surface area contributed by atoms with Crippen LogP contribution in [0.2, 0.25) is 0 Å². The summed E-state index contributed by atoms with van der Waals surface area (Å²) in [5.41, 5.74) is 8.81. The van der Waals surface area contributed by atoms with Crippen molar-refractivity contribution in [2.24, 2.45) is 5.73 Å². The van der Waals surface area contributed by atoms with Gasteiger partial charge in [0, 0.05) is 0 Å². The second-order valence-corrected chi connectivity index (χ2v) is 6.45. The third kappa shape index (κ3) is 2.96. The zero-order valence-corrected chi connectivity index (χ0v) is 13.1. The lowest BCUT2D eigenvalue weighted by Gasteiger charge is -2.22. The minimum atomic E-state index is -0.193. The van der Waals surface area contributed by atoms with Gasteiger partial charge in [0.15, 0.2) is 0 Å². The molecule has 3 rings (SSSR count). The molecule has 0 bridgehead atoms. The average molecular weight is 334 g/mol. The molecular weight excluding hydrogens is 314 g/mol. The first-order chi connectivity index (χ1) is 9.74. The normalized spacial score (nSPS) is 18.1. The van der Waals surface area contributed by atoms with Crippen LogP contribution in [-0.4, -0.2) is 9.97 Å². The van der Waals surface area contributed by atoms with E-state index in [0.717, 1.165) is 21.9 Å². The lowest BCUT2D eigenvalue weighted by Crippen LogP contribution is -2.14. The lowest BCUT2D eigenvalue weighted by atomic mass is 9.84. The van der Waals surface area contributed by atoms with Crippen LogP contribution in [0, 0.1) is 0 Å². The van der Waals surface area contributed by atoms with Crippen LogP contribution < -0.4 is 5.73 Å². The molecule has 1 unspecified atom stereocenters. The summed E-state index contributed by atoms with van der Waals surface area (Å²) >= 11 is 3.36. The number of aromatic nitrogens is 2. The number of benzene rings is 1. The van der Waals surface area contributed by atoms with Gasteiger partial charge in [0.05, 0.1) is 12.2 Å². The van der Waals surface area contributed by atoms with Gasteiger partial charge in [0.1, 0.15) is 10.4 Å². The molecule has 1 aromatic carbocycles. The van der Waals surface area contributed by atoms with E-state index in [-0.39, 0.29) is 6.04 Å².